The fraction of sp³-hybridized carbons (Fsp3) is 1.00. The molecule has 0 aromatic heterocycles. The molecule has 2 unspecified atom stereocenters. The number of rotatable bonds is 3. The molecule has 1 aliphatic carbocycles. The van der Waals surface area contributed by atoms with Crippen LogP contribution in [-0.2, 0) is 0 Å². The monoisotopic (exact) mass is 182 g/mol. The molecule has 1 N–H and O–H groups in total. The third-order valence-electron chi connectivity index (χ3n) is 3.74. The molecule has 13 heavy (non-hydrogen) atoms. The molecule has 0 radical (unpaired) electrons. The molecule has 2 nitrogen and oxygen atoms in total. The van der Waals surface area contributed by atoms with E-state index in [2.05, 4.69) is 24.2 Å². The summed E-state index contributed by atoms with van der Waals surface area (Å²) in [4.78, 5) is 2.68. The van der Waals surface area contributed by atoms with Crippen molar-refractivity contribution in [1.29, 1.82) is 0 Å². The second-order valence-corrected chi connectivity index (χ2v) is 4.70. The van der Waals surface area contributed by atoms with Crippen molar-refractivity contribution in [2.24, 2.45) is 5.92 Å². The molecule has 0 bridgehead atoms. The van der Waals surface area contributed by atoms with Gasteiger partial charge in [-0.3, -0.25) is 4.90 Å². The molecule has 2 aliphatic rings. The van der Waals surface area contributed by atoms with Crippen LogP contribution < -0.4 is 5.32 Å². The van der Waals surface area contributed by atoms with Gasteiger partial charge in [0.25, 0.3) is 0 Å². The van der Waals surface area contributed by atoms with Crippen LogP contribution in [0, 0.1) is 5.92 Å². The van der Waals surface area contributed by atoms with Crippen LogP contribution in [0.1, 0.15) is 32.6 Å². The highest BCUT2D eigenvalue weighted by atomic mass is 15.2. The molecule has 0 aromatic carbocycles. The average Bonchev–Trinajstić information content (AvgIpc) is 3.00. The molecular weight excluding hydrogens is 160 g/mol. The summed E-state index contributed by atoms with van der Waals surface area (Å²) >= 11 is 0. The number of likely N-dealkylation sites (N-methyl/N-ethyl adjacent to an activating group) is 1. The molecule has 2 rings (SSSR count). The maximum atomic E-state index is 3.41. The number of nitrogens with zero attached hydrogens (tertiary/aromatic N) is 1. The predicted octanol–water partition coefficient (Wildman–Crippen LogP) is 1.47. The van der Waals surface area contributed by atoms with Gasteiger partial charge in [0.1, 0.15) is 0 Å². The van der Waals surface area contributed by atoms with Crippen LogP contribution in [-0.4, -0.2) is 37.1 Å². The normalized spacial score (nSPS) is 33.2. The van der Waals surface area contributed by atoms with E-state index >= 15 is 0 Å². The van der Waals surface area contributed by atoms with Crippen molar-refractivity contribution in [3.8, 4) is 0 Å². The molecule has 0 aromatic rings. The fourth-order valence-corrected chi connectivity index (χ4v) is 2.49. The zero-order valence-electron chi connectivity index (χ0n) is 8.92. The summed E-state index contributed by atoms with van der Waals surface area (Å²) in [6.45, 7) is 5.01. The van der Waals surface area contributed by atoms with Gasteiger partial charge in [0.05, 0.1) is 0 Å². The van der Waals surface area contributed by atoms with Gasteiger partial charge in [-0.15, -0.1) is 0 Å². The van der Waals surface area contributed by atoms with Gasteiger partial charge in [0, 0.05) is 18.6 Å². The predicted molar refractivity (Wildman–Crippen MR) is 55.8 cm³/mol. The Morgan fingerprint density at radius 2 is 2.08 bits per heavy atom. The van der Waals surface area contributed by atoms with Gasteiger partial charge in [0.15, 0.2) is 0 Å². The Bertz CT molecular complexity index is 165. The molecule has 2 fully saturated rings. The lowest BCUT2D eigenvalue weighted by Crippen LogP contribution is -2.48. The topological polar surface area (TPSA) is 15.3 Å². The highest BCUT2D eigenvalue weighted by Crippen LogP contribution is 2.35. The standard InChI is InChI=1S/C11H22N2/c1-9(10-5-6-10)13-7-3-4-11(8-13)12-2/h9-12H,3-8H2,1-2H3. The first-order valence-electron chi connectivity index (χ1n) is 5.72. The van der Waals surface area contributed by atoms with E-state index in [-0.39, 0.29) is 0 Å². The van der Waals surface area contributed by atoms with E-state index in [9.17, 15) is 0 Å². The molecule has 1 saturated carbocycles. The first-order chi connectivity index (χ1) is 6.31. The Balaban J connectivity index is 1.83. The fourth-order valence-electron chi connectivity index (χ4n) is 2.49. The van der Waals surface area contributed by atoms with Crippen LogP contribution in [0.5, 0.6) is 0 Å². The van der Waals surface area contributed by atoms with Crippen LogP contribution in [0.15, 0.2) is 0 Å². The van der Waals surface area contributed by atoms with E-state index in [1.807, 2.05) is 0 Å². The molecule has 0 spiro atoms. The van der Waals surface area contributed by atoms with Crippen molar-refractivity contribution in [1.82, 2.24) is 10.2 Å². The van der Waals surface area contributed by atoms with Gasteiger partial charge >= 0.3 is 0 Å². The number of nitrogens with one attached hydrogen (secondary N) is 1. The summed E-state index contributed by atoms with van der Waals surface area (Å²) in [5, 5.41) is 3.41. The number of piperidine rings is 1. The third-order valence-corrected chi connectivity index (χ3v) is 3.74. The summed E-state index contributed by atoms with van der Waals surface area (Å²) in [6, 6.07) is 1.59. The quantitative estimate of drug-likeness (QED) is 0.711. The lowest BCUT2D eigenvalue weighted by molar-refractivity contribution is 0.135. The van der Waals surface area contributed by atoms with Crippen molar-refractivity contribution in [2.75, 3.05) is 20.1 Å². The minimum atomic E-state index is 0.745. The molecule has 2 heteroatoms. The first kappa shape index (κ1) is 9.47. The van der Waals surface area contributed by atoms with E-state index in [1.165, 1.54) is 38.8 Å². The Labute approximate surface area is 81.7 Å². The number of likely N-dealkylation sites (tertiary alicyclic amines) is 1. The van der Waals surface area contributed by atoms with Gasteiger partial charge in [-0.1, -0.05) is 0 Å². The summed E-state index contributed by atoms with van der Waals surface area (Å²) in [5.74, 6) is 1.02. The summed E-state index contributed by atoms with van der Waals surface area (Å²) < 4.78 is 0. The Kier molecular flexibility index (Phi) is 2.89. The number of hydrogen-bond acceptors (Lipinski definition) is 2. The van der Waals surface area contributed by atoms with Gasteiger partial charge in [-0.2, -0.15) is 0 Å². The summed E-state index contributed by atoms with van der Waals surface area (Å²) in [5.41, 5.74) is 0. The highest BCUT2D eigenvalue weighted by Gasteiger charge is 2.33. The van der Waals surface area contributed by atoms with E-state index in [0.717, 1.165) is 18.0 Å². The van der Waals surface area contributed by atoms with Crippen molar-refractivity contribution < 1.29 is 0 Å². The second kappa shape index (κ2) is 3.97. The zero-order valence-corrected chi connectivity index (χ0v) is 8.92. The van der Waals surface area contributed by atoms with Crippen molar-refractivity contribution in [3.05, 3.63) is 0 Å². The van der Waals surface area contributed by atoms with Crippen molar-refractivity contribution in [2.45, 2.75) is 44.7 Å². The Morgan fingerprint density at radius 3 is 2.69 bits per heavy atom. The van der Waals surface area contributed by atoms with E-state index in [1.54, 1.807) is 0 Å². The lowest BCUT2D eigenvalue weighted by atomic mass is 10.0. The summed E-state index contributed by atoms with van der Waals surface area (Å²) in [6.07, 6.45) is 5.69. The zero-order chi connectivity index (χ0) is 9.26. The summed E-state index contributed by atoms with van der Waals surface area (Å²) in [7, 11) is 2.09. The van der Waals surface area contributed by atoms with Gasteiger partial charge in [-0.25, -0.2) is 0 Å². The minimum Gasteiger partial charge on any atom is -0.316 e. The lowest BCUT2D eigenvalue weighted by Gasteiger charge is -2.36. The van der Waals surface area contributed by atoms with Gasteiger partial charge in [0.2, 0.25) is 0 Å². The molecular formula is C11H22N2. The third kappa shape index (κ3) is 2.23. The Hall–Kier alpha value is -0.0800. The van der Waals surface area contributed by atoms with Crippen LogP contribution in [0.3, 0.4) is 0 Å². The van der Waals surface area contributed by atoms with E-state index in [0.29, 0.717) is 0 Å². The Morgan fingerprint density at radius 1 is 1.31 bits per heavy atom. The highest BCUT2D eigenvalue weighted by molar-refractivity contribution is 4.88. The maximum absolute atomic E-state index is 3.41. The molecule has 1 saturated heterocycles. The largest absolute Gasteiger partial charge is 0.316 e. The molecule has 0 amide bonds. The smallest absolute Gasteiger partial charge is 0.0192 e. The maximum Gasteiger partial charge on any atom is 0.0192 e. The van der Waals surface area contributed by atoms with Crippen LogP contribution in [0.25, 0.3) is 0 Å². The average molecular weight is 182 g/mol. The van der Waals surface area contributed by atoms with Crippen LogP contribution in [0.2, 0.25) is 0 Å². The molecule has 76 valence electrons. The SMILES string of the molecule is CNC1CCCN(C(C)C2CC2)C1. The van der Waals surface area contributed by atoms with Crippen molar-refractivity contribution >= 4 is 0 Å². The van der Waals surface area contributed by atoms with Crippen LogP contribution >= 0.6 is 0 Å². The second-order valence-electron chi connectivity index (χ2n) is 4.70. The number of hydrogen-bond donors (Lipinski definition) is 1. The minimum absolute atomic E-state index is 0.745. The van der Waals surface area contributed by atoms with E-state index < -0.39 is 0 Å². The van der Waals surface area contributed by atoms with E-state index in [4.69, 9.17) is 0 Å². The first-order valence-corrected chi connectivity index (χ1v) is 5.72. The van der Waals surface area contributed by atoms with Gasteiger partial charge in [-0.05, 0) is 52.1 Å². The van der Waals surface area contributed by atoms with Gasteiger partial charge < -0.3 is 5.32 Å². The molecule has 1 aliphatic heterocycles. The molecule has 2 atom stereocenters. The molecule has 1 heterocycles. The van der Waals surface area contributed by atoms with Crippen molar-refractivity contribution in [3.63, 3.8) is 0 Å². The van der Waals surface area contributed by atoms with Crippen LogP contribution in [0.4, 0.5) is 0 Å².